The van der Waals surface area contributed by atoms with Crippen molar-refractivity contribution in [2.24, 2.45) is 11.0 Å². The van der Waals surface area contributed by atoms with E-state index in [9.17, 15) is 4.79 Å². The third kappa shape index (κ3) is 1.68. The van der Waals surface area contributed by atoms with Crippen molar-refractivity contribution in [3.05, 3.63) is 24.3 Å². The minimum Gasteiger partial charge on any atom is -0.322 e. The summed E-state index contributed by atoms with van der Waals surface area (Å²) in [7, 11) is 0. The Balaban J connectivity index is 2.02. The van der Waals surface area contributed by atoms with Gasteiger partial charge >= 0.3 is 0 Å². The molecule has 1 aromatic heterocycles. The molecule has 0 saturated carbocycles. The Morgan fingerprint density at radius 1 is 1.33 bits per heavy atom. The molecule has 3 rings (SSSR count). The highest BCUT2D eigenvalue weighted by molar-refractivity contribution is 6.13. The molecule has 0 aliphatic carbocycles. The summed E-state index contributed by atoms with van der Waals surface area (Å²) in [5, 5.41) is 5.71. The van der Waals surface area contributed by atoms with E-state index in [1.807, 2.05) is 38.1 Å². The number of hydrogen-bond donors (Lipinski definition) is 1. The van der Waals surface area contributed by atoms with Crippen LogP contribution in [0.25, 0.3) is 11.0 Å². The number of imidazole rings is 1. The maximum atomic E-state index is 11.9. The monoisotopic (exact) mass is 242 g/mol. The normalized spacial score (nSPS) is 15.8. The van der Waals surface area contributed by atoms with Gasteiger partial charge in [0.15, 0.2) is 0 Å². The molecule has 0 spiro atoms. The molecule has 1 aliphatic rings. The zero-order valence-electron chi connectivity index (χ0n) is 10.3. The summed E-state index contributed by atoms with van der Waals surface area (Å²) in [6, 6.07) is 7.68. The Morgan fingerprint density at radius 3 is 2.78 bits per heavy atom. The van der Waals surface area contributed by atoms with E-state index in [1.165, 1.54) is 5.01 Å². The first-order chi connectivity index (χ1) is 8.65. The Hall–Kier alpha value is -2.17. The lowest BCUT2D eigenvalue weighted by atomic mass is 10.1. The SMILES string of the molecule is CC(C)C1=NN(c2nc3ccccc3[nH]2)C(=O)C1. The number of hydrogen-bond acceptors (Lipinski definition) is 3. The van der Waals surface area contributed by atoms with Gasteiger partial charge in [0.1, 0.15) is 0 Å². The maximum absolute atomic E-state index is 11.9. The average molecular weight is 242 g/mol. The molecule has 1 amide bonds. The van der Waals surface area contributed by atoms with Crippen LogP contribution in [0.2, 0.25) is 0 Å². The quantitative estimate of drug-likeness (QED) is 0.878. The fourth-order valence-electron chi connectivity index (χ4n) is 1.97. The van der Waals surface area contributed by atoms with Gasteiger partial charge in [-0.1, -0.05) is 26.0 Å². The number of amides is 1. The van der Waals surface area contributed by atoms with Crippen LogP contribution < -0.4 is 5.01 Å². The first-order valence-corrected chi connectivity index (χ1v) is 6.00. The van der Waals surface area contributed by atoms with E-state index in [-0.39, 0.29) is 11.8 Å². The maximum Gasteiger partial charge on any atom is 0.255 e. The van der Waals surface area contributed by atoms with Gasteiger partial charge in [-0.25, -0.2) is 4.98 Å². The van der Waals surface area contributed by atoms with Gasteiger partial charge in [-0.2, -0.15) is 10.1 Å². The van der Waals surface area contributed by atoms with Gasteiger partial charge in [0.25, 0.3) is 5.91 Å². The van der Waals surface area contributed by atoms with Crippen LogP contribution in [0.1, 0.15) is 20.3 Å². The second kappa shape index (κ2) is 3.94. The molecule has 0 radical (unpaired) electrons. The summed E-state index contributed by atoms with van der Waals surface area (Å²) in [6.45, 7) is 4.07. The van der Waals surface area contributed by atoms with E-state index in [0.717, 1.165) is 16.7 Å². The van der Waals surface area contributed by atoms with E-state index in [4.69, 9.17) is 0 Å². The number of benzene rings is 1. The second-order valence-electron chi connectivity index (χ2n) is 4.71. The molecule has 5 nitrogen and oxygen atoms in total. The highest BCUT2D eigenvalue weighted by Gasteiger charge is 2.28. The molecule has 0 fully saturated rings. The van der Waals surface area contributed by atoms with Crippen LogP contribution in [0, 0.1) is 5.92 Å². The van der Waals surface area contributed by atoms with Crippen molar-refractivity contribution in [1.29, 1.82) is 0 Å². The van der Waals surface area contributed by atoms with Crippen LogP contribution in [-0.4, -0.2) is 21.6 Å². The predicted octanol–water partition coefficient (Wildman–Crippen LogP) is 2.31. The molecular formula is C13H14N4O. The lowest BCUT2D eigenvalue weighted by Gasteiger charge is -2.06. The van der Waals surface area contributed by atoms with Crippen LogP contribution in [0.15, 0.2) is 29.4 Å². The van der Waals surface area contributed by atoms with E-state index >= 15 is 0 Å². The zero-order valence-corrected chi connectivity index (χ0v) is 10.3. The molecule has 0 atom stereocenters. The average Bonchev–Trinajstić information content (AvgIpc) is 2.91. The Labute approximate surface area is 105 Å². The van der Waals surface area contributed by atoms with Crippen molar-refractivity contribution >= 4 is 28.6 Å². The van der Waals surface area contributed by atoms with Gasteiger partial charge in [-0.3, -0.25) is 4.79 Å². The first-order valence-electron chi connectivity index (χ1n) is 6.00. The number of carbonyl (C=O) groups excluding carboxylic acids is 1. The van der Waals surface area contributed by atoms with E-state index in [2.05, 4.69) is 15.1 Å². The van der Waals surface area contributed by atoms with E-state index in [0.29, 0.717) is 12.4 Å². The van der Waals surface area contributed by atoms with Gasteiger partial charge < -0.3 is 4.98 Å². The van der Waals surface area contributed by atoms with Gasteiger partial charge in [0.05, 0.1) is 23.2 Å². The van der Waals surface area contributed by atoms with Crippen molar-refractivity contribution in [1.82, 2.24) is 9.97 Å². The molecule has 0 unspecified atom stereocenters. The van der Waals surface area contributed by atoms with Gasteiger partial charge in [0, 0.05) is 0 Å². The number of carbonyl (C=O) groups is 1. The molecule has 92 valence electrons. The number of fused-ring (bicyclic) bond motifs is 1. The second-order valence-corrected chi connectivity index (χ2v) is 4.71. The minimum absolute atomic E-state index is 0.0299. The molecule has 0 saturated heterocycles. The lowest BCUT2D eigenvalue weighted by molar-refractivity contribution is -0.117. The van der Waals surface area contributed by atoms with Crippen molar-refractivity contribution in [2.45, 2.75) is 20.3 Å². The molecule has 1 aliphatic heterocycles. The van der Waals surface area contributed by atoms with Crippen molar-refractivity contribution in [3.63, 3.8) is 0 Å². The number of hydrazone groups is 1. The molecule has 1 aromatic carbocycles. The summed E-state index contributed by atoms with van der Waals surface area (Å²) in [5.41, 5.74) is 2.66. The van der Waals surface area contributed by atoms with Crippen LogP contribution in [0.4, 0.5) is 5.95 Å². The van der Waals surface area contributed by atoms with E-state index < -0.39 is 0 Å². The standard InChI is InChI=1S/C13H14N4O/c1-8(2)11-7-12(18)17(16-11)13-14-9-5-3-4-6-10(9)15-13/h3-6,8H,7H2,1-2H3,(H,14,15). The molecular weight excluding hydrogens is 228 g/mol. The Bertz CT molecular complexity index is 608. The Kier molecular flexibility index (Phi) is 2.40. The van der Waals surface area contributed by atoms with Gasteiger partial charge in [0.2, 0.25) is 5.95 Å². The lowest BCUT2D eigenvalue weighted by Crippen LogP contribution is -2.20. The molecule has 2 heterocycles. The van der Waals surface area contributed by atoms with Crippen molar-refractivity contribution in [2.75, 3.05) is 5.01 Å². The first kappa shape index (κ1) is 11.0. The highest BCUT2D eigenvalue weighted by Crippen LogP contribution is 2.22. The number of anilines is 1. The molecule has 0 bridgehead atoms. The Morgan fingerprint density at radius 2 is 2.11 bits per heavy atom. The van der Waals surface area contributed by atoms with Crippen LogP contribution >= 0.6 is 0 Å². The summed E-state index contributed by atoms with van der Waals surface area (Å²) < 4.78 is 0. The number of aromatic amines is 1. The third-order valence-corrected chi connectivity index (χ3v) is 3.04. The van der Waals surface area contributed by atoms with Crippen LogP contribution in [0.5, 0.6) is 0 Å². The zero-order chi connectivity index (χ0) is 12.7. The molecule has 18 heavy (non-hydrogen) atoms. The summed E-state index contributed by atoms with van der Waals surface area (Å²) >= 11 is 0. The van der Waals surface area contributed by atoms with E-state index in [1.54, 1.807) is 0 Å². The number of nitrogens with one attached hydrogen (secondary N) is 1. The summed E-state index contributed by atoms with van der Waals surface area (Å²) in [5.74, 6) is 0.748. The molecule has 5 heteroatoms. The number of rotatable bonds is 2. The van der Waals surface area contributed by atoms with Crippen LogP contribution in [0.3, 0.4) is 0 Å². The number of nitrogens with zero attached hydrogens (tertiary/aromatic N) is 3. The van der Waals surface area contributed by atoms with Gasteiger partial charge in [-0.15, -0.1) is 0 Å². The highest BCUT2D eigenvalue weighted by atomic mass is 16.2. The van der Waals surface area contributed by atoms with Crippen molar-refractivity contribution in [3.8, 4) is 0 Å². The number of para-hydroxylation sites is 2. The number of H-pyrrole nitrogens is 1. The van der Waals surface area contributed by atoms with Crippen LogP contribution in [-0.2, 0) is 4.79 Å². The number of aromatic nitrogens is 2. The largest absolute Gasteiger partial charge is 0.322 e. The molecule has 2 aromatic rings. The van der Waals surface area contributed by atoms with Crippen molar-refractivity contribution < 1.29 is 4.79 Å². The summed E-state index contributed by atoms with van der Waals surface area (Å²) in [4.78, 5) is 19.4. The molecule has 1 N–H and O–H groups in total. The smallest absolute Gasteiger partial charge is 0.255 e. The fraction of sp³-hybridized carbons (Fsp3) is 0.308. The third-order valence-electron chi connectivity index (χ3n) is 3.04. The minimum atomic E-state index is -0.0299. The summed E-state index contributed by atoms with van der Waals surface area (Å²) in [6.07, 6.45) is 0.384. The predicted molar refractivity (Wildman–Crippen MR) is 70.5 cm³/mol. The fourth-order valence-corrected chi connectivity index (χ4v) is 1.97. The van der Waals surface area contributed by atoms with Gasteiger partial charge in [-0.05, 0) is 18.1 Å². The topological polar surface area (TPSA) is 61.4 Å².